The number of rotatable bonds is 3. The van der Waals surface area contributed by atoms with Crippen molar-refractivity contribution in [3.05, 3.63) is 21.8 Å². The van der Waals surface area contributed by atoms with Gasteiger partial charge in [-0.1, -0.05) is 6.92 Å². The SMILES string of the molecule is CCc1nsc(Sc2ncc(I)cn2)n1. The van der Waals surface area contributed by atoms with Crippen LogP contribution in [0.3, 0.4) is 0 Å². The van der Waals surface area contributed by atoms with Gasteiger partial charge in [0.25, 0.3) is 0 Å². The van der Waals surface area contributed by atoms with E-state index in [9.17, 15) is 0 Å². The van der Waals surface area contributed by atoms with Gasteiger partial charge in [0.15, 0.2) is 9.50 Å². The van der Waals surface area contributed by atoms with Gasteiger partial charge in [-0.25, -0.2) is 15.0 Å². The van der Waals surface area contributed by atoms with Gasteiger partial charge in [0.1, 0.15) is 5.82 Å². The molecule has 0 bridgehead atoms. The van der Waals surface area contributed by atoms with Gasteiger partial charge in [-0.15, -0.1) is 0 Å². The summed E-state index contributed by atoms with van der Waals surface area (Å²) in [5.41, 5.74) is 0. The van der Waals surface area contributed by atoms with Gasteiger partial charge in [-0.05, 0) is 45.9 Å². The maximum absolute atomic E-state index is 4.33. The van der Waals surface area contributed by atoms with Crippen LogP contribution in [0.1, 0.15) is 12.7 Å². The van der Waals surface area contributed by atoms with Crippen LogP contribution in [0.2, 0.25) is 0 Å². The normalized spacial score (nSPS) is 10.5. The summed E-state index contributed by atoms with van der Waals surface area (Å²) in [6, 6.07) is 0. The molecule has 0 unspecified atom stereocenters. The van der Waals surface area contributed by atoms with Crippen molar-refractivity contribution >= 4 is 45.9 Å². The second kappa shape index (κ2) is 5.17. The van der Waals surface area contributed by atoms with Crippen molar-refractivity contribution in [2.24, 2.45) is 0 Å². The third kappa shape index (κ3) is 3.08. The molecule has 0 radical (unpaired) electrons. The number of aryl methyl sites for hydroxylation is 1. The number of aromatic nitrogens is 4. The first-order valence-electron chi connectivity index (χ1n) is 4.26. The van der Waals surface area contributed by atoms with E-state index in [1.54, 1.807) is 12.4 Å². The number of hydrogen-bond acceptors (Lipinski definition) is 6. The lowest BCUT2D eigenvalue weighted by Crippen LogP contribution is -1.86. The summed E-state index contributed by atoms with van der Waals surface area (Å²) in [6.07, 6.45) is 4.44. The zero-order chi connectivity index (χ0) is 10.7. The Bertz CT molecular complexity index is 442. The number of nitrogens with zero attached hydrogens (tertiary/aromatic N) is 4. The molecular formula is C8H7IN4S2. The monoisotopic (exact) mass is 350 g/mol. The van der Waals surface area contributed by atoms with Crippen LogP contribution in [0, 0.1) is 3.57 Å². The summed E-state index contributed by atoms with van der Waals surface area (Å²) in [4.78, 5) is 12.7. The fourth-order valence-electron chi connectivity index (χ4n) is 0.854. The van der Waals surface area contributed by atoms with Gasteiger partial charge in [0.05, 0.1) is 0 Å². The van der Waals surface area contributed by atoms with E-state index in [0.717, 1.165) is 20.2 Å². The maximum atomic E-state index is 4.33. The highest BCUT2D eigenvalue weighted by atomic mass is 127. The molecule has 2 aromatic rings. The van der Waals surface area contributed by atoms with Crippen molar-refractivity contribution in [3.63, 3.8) is 0 Å². The molecule has 2 aromatic heterocycles. The van der Waals surface area contributed by atoms with Crippen molar-refractivity contribution in [1.82, 2.24) is 19.3 Å². The van der Waals surface area contributed by atoms with Crippen LogP contribution in [0.25, 0.3) is 0 Å². The molecule has 78 valence electrons. The zero-order valence-corrected chi connectivity index (χ0v) is 11.6. The van der Waals surface area contributed by atoms with Gasteiger partial charge in [0.2, 0.25) is 0 Å². The Hall–Kier alpha value is -0.280. The lowest BCUT2D eigenvalue weighted by Gasteiger charge is -1.94. The second-order valence-electron chi connectivity index (χ2n) is 2.62. The van der Waals surface area contributed by atoms with E-state index in [2.05, 4.69) is 41.9 Å². The molecule has 15 heavy (non-hydrogen) atoms. The molecule has 2 rings (SSSR count). The summed E-state index contributed by atoms with van der Waals surface area (Å²) in [6.45, 7) is 2.04. The van der Waals surface area contributed by atoms with Crippen molar-refractivity contribution < 1.29 is 0 Å². The van der Waals surface area contributed by atoms with Gasteiger partial charge in [-0.2, -0.15) is 4.37 Å². The van der Waals surface area contributed by atoms with Crippen molar-refractivity contribution in [3.8, 4) is 0 Å². The van der Waals surface area contributed by atoms with Gasteiger partial charge in [-0.3, -0.25) is 0 Å². The second-order valence-corrected chi connectivity index (χ2v) is 5.83. The first-order valence-corrected chi connectivity index (χ1v) is 6.93. The molecule has 0 spiro atoms. The molecule has 0 atom stereocenters. The fraction of sp³-hybridized carbons (Fsp3) is 0.250. The van der Waals surface area contributed by atoms with Crippen LogP contribution in [0.5, 0.6) is 0 Å². The first-order chi connectivity index (χ1) is 7.28. The standard InChI is InChI=1S/C8H7IN4S2/c1-2-6-12-8(15-13-6)14-7-10-3-5(9)4-11-7/h3-4H,2H2,1H3. The van der Waals surface area contributed by atoms with Crippen LogP contribution in [-0.2, 0) is 6.42 Å². The highest BCUT2D eigenvalue weighted by Crippen LogP contribution is 2.25. The van der Waals surface area contributed by atoms with Crippen LogP contribution in [-0.4, -0.2) is 19.3 Å². The van der Waals surface area contributed by atoms with Crippen LogP contribution >= 0.6 is 45.9 Å². The van der Waals surface area contributed by atoms with E-state index in [-0.39, 0.29) is 0 Å². The third-order valence-corrected chi connectivity index (χ3v) is 3.78. The number of hydrogen-bond donors (Lipinski definition) is 0. The van der Waals surface area contributed by atoms with E-state index >= 15 is 0 Å². The van der Waals surface area contributed by atoms with Crippen LogP contribution in [0.15, 0.2) is 21.9 Å². The Morgan fingerprint density at radius 1 is 1.40 bits per heavy atom. The predicted molar refractivity (Wildman–Crippen MR) is 68.2 cm³/mol. The topological polar surface area (TPSA) is 51.6 Å². The molecule has 0 aliphatic heterocycles. The largest absolute Gasteiger partial charge is 0.230 e. The molecule has 7 heteroatoms. The molecule has 0 saturated carbocycles. The lowest BCUT2D eigenvalue weighted by molar-refractivity contribution is 0.945. The van der Waals surface area contributed by atoms with E-state index in [1.807, 2.05) is 6.92 Å². The highest BCUT2D eigenvalue weighted by molar-refractivity contribution is 14.1. The Kier molecular flexibility index (Phi) is 3.87. The van der Waals surface area contributed by atoms with Crippen LogP contribution < -0.4 is 0 Å². The molecule has 0 aromatic carbocycles. The van der Waals surface area contributed by atoms with E-state index in [1.165, 1.54) is 23.3 Å². The average molecular weight is 350 g/mol. The minimum atomic E-state index is 0.717. The highest BCUT2D eigenvalue weighted by Gasteiger charge is 2.06. The molecule has 0 fully saturated rings. The third-order valence-electron chi connectivity index (χ3n) is 1.54. The molecule has 4 nitrogen and oxygen atoms in total. The quantitative estimate of drug-likeness (QED) is 0.629. The Labute approximate surface area is 109 Å². The Morgan fingerprint density at radius 2 is 2.13 bits per heavy atom. The van der Waals surface area contributed by atoms with Crippen molar-refractivity contribution in [1.29, 1.82) is 0 Å². The van der Waals surface area contributed by atoms with E-state index < -0.39 is 0 Å². The molecule has 0 N–H and O–H groups in total. The Morgan fingerprint density at radius 3 is 2.73 bits per heavy atom. The summed E-state index contributed by atoms with van der Waals surface area (Å²) in [5, 5.41) is 0.717. The fourth-order valence-corrected chi connectivity index (χ4v) is 2.63. The summed E-state index contributed by atoms with van der Waals surface area (Å²) >= 11 is 5.02. The van der Waals surface area contributed by atoms with Crippen molar-refractivity contribution in [2.75, 3.05) is 0 Å². The summed E-state index contributed by atoms with van der Waals surface area (Å²) in [5.74, 6) is 0.882. The van der Waals surface area contributed by atoms with Crippen LogP contribution in [0.4, 0.5) is 0 Å². The zero-order valence-electron chi connectivity index (χ0n) is 7.85. The molecule has 0 aliphatic rings. The first kappa shape index (κ1) is 11.2. The summed E-state index contributed by atoms with van der Waals surface area (Å²) in [7, 11) is 0. The lowest BCUT2D eigenvalue weighted by atomic mass is 10.5. The molecular weight excluding hydrogens is 343 g/mol. The van der Waals surface area contributed by atoms with Gasteiger partial charge < -0.3 is 0 Å². The molecule has 2 heterocycles. The average Bonchev–Trinajstić information content (AvgIpc) is 2.69. The summed E-state index contributed by atoms with van der Waals surface area (Å²) < 4.78 is 6.13. The molecule has 0 aliphatic carbocycles. The van der Waals surface area contributed by atoms with Gasteiger partial charge in [0, 0.05) is 22.4 Å². The molecule has 0 amide bonds. The van der Waals surface area contributed by atoms with Crippen molar-refractivity contribution in [2.45, 2.75) is 22.8 Å². The molecule has 0 saturated heterocycles. The minimum absolute atomic E-state index is 0.717. The predicted octanol–water partition coefficient (Wildman–Crippen LogP) is 2.65. The van der Waals surface area contributed by atoms with E-state index in [4.69, 9.17) is 0 Å². The Balaban J connectivity index is 2.11. The number of halogens is 1. The maximum Gasteiger partial charge on any atom is 0.194 e. The smallest absolute Gasteiger partial charge is 0.194 e. The van der Waals surface area contributed by atoms with E-state index in [0.29, 0.717) is 5.16 Å². The minimum Gasteiger partial charge on any atom is -0.230 e. The van der Waals surface area contributed by atoms with Gasteiger partial charge >= 0.3 is 0 Å².